The Morgan fingerprint density at radius 1 is 1.14 bits per heavy atom. The largest absolute Gasteiger partial charge is 0.298 e. The van der Waals surface area contributed by atoms with Crippen molar-refractivity contribution < 1.29 is 4.79 Å². The number of aldehydes is 1. The number of allylic oxidation sites excluding steroid dienone is 1. The smallest absolute Gasteiger partial charge is 0.150 e. The second kappa shape index (κ2) is 7.51. The minimum atomic E-state index is 0.463. The molecule has 2 aromatic carbocycles. The molecule has 114 valence electrons. The third-order valence-electron chi connectivity index (χ3n) is 3.73. The molecule has 1 unspecified atom stereocenters. The Labute approximate surface area is 135 Å². The molecule has 0 spiro atoms. The number of carbonyl (C=O) groups excluding carboxylic acids is 1. The molecule has 0 fully saturated rings. The maximum atomic E-state index is 10.8. The van der Waals surface area contributed by atoms with Crippen molar-refractivity contribution in [2.24, 2.45) is 0 Å². The van der Waals surface area contributed by atoms with E-state index in [0.29, 0.717) is 11.5 Å². The third-order valence-corrected chi connectivity index (χ3v) is 4.07. The molecule has 0 saturated heterocycles. The summed E-state index contributed by atoms with van der Waals surface area (Å²) in [6.07, 6.45) is 6.33. The van der Waals surface area contributed by atoms with E-state index in [4.69, 9.17) is 0 Å². The summed E-state index contributed by atoms with van der Waals surface area (Å²) >= 11 is 0. The van der Waals surface area contributed by atoms with E-state index in [2.05, 4.69) is 54.3 Å². The Hall–Kier alpha value is -1.72. The first kappa shape index (κ1) is 16.6. The number of hydrogen-bond acceptors (Lipinski definition) is 1. The highest BCUT2D eigenvalue weighted by atomic mass is 31.0. The molecule has 0 bridgehead atoms. The zero-order valence-electron chi connectivity index (χ0n) is 13.5. The molecule has 2 aromatic rings. The van der Waals surface area contributed by atoms with Crippen LogP contribution >= 0.6 is 9.24 Å². The van der Waals surface area contributed by atoms with Gasteiger partial charge in [-0.05, 0) is 46.0 Å². The molecule has 0 heterocycles. The van der Waals surface area contributed by atoms with Crippen LogP contribution in [0.4, 0.5) is 0 Å². The highest BCUT2D eigenvalue weighted by Gasteiger charge is 2.12. The van der Waals surface area contributed by atoms with Crippen LogP contribution in [0.1, 0.15) is 54.6 Å². The molecular formula is C20H23OP. The van der Waals surface area contributed by atoms with E-state index in [1.165, 1.54) is 22.0 Å². The molecule has 2 rings (SSSR count). The van der Waals surface area contributed by atoms with Gasteiger partial charge in [0.25, 0.3) is 0 Å². The van der Waals surface area contributed by atoms with Gasteiger partial charge in [0.1, 0.15) is 6.29 Å². The number of rotatable bonds is 5. The maximum absolute atomic E-state index is 10.8. The lowest BCUT2D eigenvalue weighted by molar-refractivity contribution is 0.112. The fourth-order valence-corrected chi connectivity index (χ4v) is 2.92. The first-order chi connectivity index (χ1) is 10.6. The van der Waals surface area contributed by atoms with Crippen molar-refractivity contribution in [1.82, 2.24) is 0 Å². The summed E-state index contributed by atoms with van der Waals surface area (Å²) in [4.78, 5) is 10.8. The summed E-state index contributed by atoms with van der Waals surface area (Å²) in [5.41, 5.74) is 5.71. The predicted molar refractivity (Wildman–Crippen MR) is 100 cm³/mol. The Balaban J connectivity index is 2.65. The lowest BCUT2D eigenvalue weighted by atomic mass is 9.89. The Morgan fingerprint density at radius 2 is 1.82 bits per heavy atom. The lowest BCUT2D eigenvalue weighted by Gasteiger charge is -2.17. The maximum Gasteiger partial charge on any atom is 0.150 e. The number of hydrogen-bond donors (Lipinski definition) is 0. The van der Waals surface area contributed by atoms with Crippen molar-refractivity contribution in [1.29, 1.82) is 0 Å². The second-order valence-electron chi connectivity index (χ2n) is 5.78. The van der Waals surface area contributed by atoms with Gasteiger partial charge in [-0.15, -0.1) is 9.24 Å². The molecule has 0 aliphatic rings. The molecule has 0 aliphatic carbocycles. The van der Waals surface area contributed by atoms with Gasteiger partial charge in [0.05, 0.1) is 0 Å². The summed E-state index contributed by atoms with van der Waals surface area (Å²) in [6, 6.07) is 12.2. The topological polar surface area (TPSA) is 17.1 Å². The molecule has 0 aromatic heterocycles. The lowest BCUT2D eigenvalue weighted by Crippen LogP contribution is -2.02. The van der Waals surface area contributed by atoms with Crippen LogP contribution in [0.2, 0.25) is 0 Å². The van der Waals surface area contributed by atoms with Gasteiger partial charge in [-0.2, -0.15) is 0 Å². The molecule has 22 heavy (non-hydrogen) atoms. The van der Waals surface area contributed by atoms with Crippen molar-refractivity contribution >= 4 is 26.9 Å². The normalized spacial score (nSPS) is 11.3. The van der Waals surface area contributed by atoms with Gasteiger partial charge in [-0.25, -0.2) is 0 Å². The average Bonchev–Trinajstić information content (AvgIpc) is 2.53. The van der Waals surface area contributed by atoms with E-state index in [9.17, 15) is 4.79 Å². The molecular weight excluding hydrogens is 287 g/mol. The SMILES string of the molecule is CC/C=C/c1c(-c2ccc(C=O)cc2)cc(P)cc1C(C)C. The van der Waals surface area contributed by atoms with Crippen molar-refractivity contribution in [3.63, 3.8) is 0 Å². The second-order valence-corrected chi connectivity index (χ2v) is 6.44. The molecule has 0 N–H and O–H groups in total. The summed E-state index contributed by atoms with van der Waals surface area (Å²) in [5.74, 6) is 0.463. The van der Waals surface area contributed by atoms with Crippen LogP contribution in [0.25, 0.3) is 17.2 Å². The van der Waals surface area contributed by atoms with Crippen molar-refractivity contribution in [2.75, 3.05) is 0 Å². The van der Waals surface area contributed by atoms with Gasteiger partial charge in [0.15, 0.2) is 0 Å². The van der Waals surface area contributed by atoms with E-state index in [0.717, 1.165) is 18.3 Å². The van der Waals surface area contributed by atoms with Gasteiger partial charge in [-0.1, -0.05) is 63.3 Å². The zero-order chi connectivity index (χ0) is 16.1. The summed E-state index contributed by atoms with van der Waals surface area (Å²) < 4.78 is 0. The van der Waals surface area contributed by atoms with Crippen LogP contribution in [0.5, 0.6) is 0 Å². The van der Waals surface area contributed by atoms with Crippen molar-refractivity contribution in [3.8, 4) is 11.1 Å². The van der Waals surface area contributed by atoms with Gasteiger partial charge in [0, 0.05) is 5.56 Å². The Bertz CT molecular complexity index is 682. The quantitative estimate of drug-likeness (QED) is 0.547. The predicted octanol–water partition coefficient (Wildman–Crippen LogP) is 5.21. The molecule has 1 nitrogen and oxygen atoms in total. The van der Waals surface area contributed by atoms with Crippen LogP contribution in [-0.4, -0.2) is 6.29 Å². The molecule has 0 aliphatic heterocycles. The fraction of sp³-hybridized carbons (Fsp3) is 0.250. The van der Waals surface area contributed by atoms with Gasteiger partial charge in [0.2, 0.25) is 0 Å². The van der Waals surface area contributed by atoms with E-state index in [1.807, 2.05) is 24.3 Å². The zero-order valence-corrected chi connectivity index (χ0v) is 14.6. The molecule has 2 heteroatoms. The molecule has 1 atom stereocenters. The summed E-state index contributed by atoms with van der Waals surface area (Å²) in [7, 11) is 2.80. The van der Waals surface area contributed by atoms with Crippen LogP contribution < -0.4 is 5.30 Å². The molecule has 0 saturated carbocycles. The standard InChI is InChI=1S/C20H23OP/c1-4-5-6-18-19(14(2)3)11-17(22)12-20(18)16-9-7-15(13-21)8-10-16/h5-14H,4,22H2,1-3H3/b6-5+. The summed E-state index contributed by atoms with van der Waals surface area (Å²) in [6.45, 7) is 6.60. The van der Waals surface area contributed by atoms with Crippen molar-refractivity contribution in [3.05, 3.63) is 59.2 Å². The first-order valence-electron chi connectivity index (χ1n) is 7.72. The van der Waals surface area contributed by atoms with E-state index in [1.54, 1.807) is 0 Å². The number of benzene rings is 2. The summed E-state index contributed by atoms with van der Waals surface area (Å²) in [5, 5.41) is 1.19. The van der Waals surface area contributed by atoms with Gasteiger partial charge < -0.3 is 0 Å². The average molecular weight is 310 g/mol. The van der Waals surface area contributed by atoms with Crippen LogP contribution in [0.3, 0.4) is 0 Å². The highest BCUT2D eigenvalue weighted by molar-refractivity contribution is 7.27. The highest BCUT2D eigenvalue weighted by Crippen LogP contribution is 2.31. The minimum absolute atomic E-state index is 0.463. The van der Waals surface area contributed by atoms with E-state index < -0.39 is 0 Å². The Kier molecular flexibility index (Phi) is 5.69. The van der Waals surface area contributed by atoms with E-state index >= 15 is 0 Å². The number of carbonyl (C=O) groups is 1. The van der Waals surface area contributed by atoms with E-state index in [-0.39, 0.29) is 0 Å². The minimum Gasteiger partial charge on any atom is -0.298 e. The van der Waals surface area contributed by atoms with Gasteiger partial charge >= 0.3 is 0 Å². The van der Waals surface area contributed by atoms with Crippen molar-refractivity contribution in [2.45, 2.75) is 33.1 Å². The van der Waals surface area contributed by atoms with Gasteiger partial charge in [-0.3, -0.25) is 4.79 Å². The third kappa shape index (κ3) is 3.72. The Morgan fingerprint density at radius 3 is 2.36 bits per heavy atom. The van der Waals surface area contributed by atoms with Crippen LogP contribution in [-0.2, 0) is 0 Å². The van der Waals surface area contributed by atoms with Crippen LogP contribution in [0.15, 0.2) is 42.5 Å². The fourth-order valence-electron chi connectivity index (χ4n) is 2.58. The monoisotopic (exact) mass is 310 g/mol. The van der Waals surface area contributed by atoms with Crippen LogP contribution in [0, 0.1) is 0 Å². The molecule has 0 radical (unpaired) electrons. The molecule has 0 amide bonds. The first-order valence-corrected chi connectivity index (χ1v) is 8.30.